The molecule has 140 valence electrons. The molecule has 1 aromatic rings. The van der Waals surface area contributed by atoms with Crippen LogP contribution in [0, 0.1) is 0 Å². The van der Waals surface area contributed by atoms with E-state index in [9.17, 15) is 13.2 Å². The maximum absolute atomic E-state index is 12.7. The van der Waals surface area contributed by atoms with Gasteiger partial charge in [-0.3, -0.25) is 4.79 Å². The molecule has 0 spiro atoms. The molecule has 1 aliphatic rings. The van der Waals surface area contributed by atoms with Gasteiger partial charge in [0, 0.05) is 34.3 Å². The number of amides is 1. The normalized spacial score (nSPS) is 18.4. The van der Waals surface area contributed by atoms with Crippen LogP contribution in [0.5, 0.6) is 0 Å². The summed E-state index contributed by atoms with van der Waals surface area (Å²) in [6.07, 6.45) is 4.20. The number of carbonyl (C=O) groups is 1. The molecule has 0 saturated carbocycles. The zero-order valence-corrected chi connectivity index (χ0v) is 16.4. The van der Waals surface area contributed by atoms with Crippen LogP contribution in [0.4, 0.5) is 0 Å². The van der Waals surface area contributed by atoms with E-state index in [1.54, 1.807) is 11.9 Å². The molecule has 0 aromatic heterocycles. The molecule has 0 radical (unpaired) electrons. The molecule has 8 heteroatoms. The van der Waals surface area contributed by atoms with Gasteiger partial charge in [-0.15, -0.1) is 0 Å². The largest absolute Gasteiger partial charge is 0.378 e. The van der Waals surface area contributed by atoms with Gasteiger partial charge in [0.25, 0.3) is 5.91 Å². The van der Waals surface area contributed by atoms with E-state index in [1.807, 2.05) is 0 Å². The number of sulfonamides is 1. The van der Waals surface area contributed by atoms with Crippen LogP contribution in [-0.4, -0.2) is 63.9 Å². The maximum Gasteiger partial charge on any atom is 0.255 e. The van der Waals surface area contributed by atoms with E-state index in [1.165, 1.54) is 32.3 Å². The molecular weight excluding hydrogens is 364 g/mol. The zero-order chi connectivity index (χ0) is 18.6. The molecule has 1 amide bonds. The Hall–Kier alpha value is -1.15. The van der Waals surface area contributed by atoms with Crippen LogP contribution in [-0.2, 0) is 14.8 Å². The first kappa shape index (κ1) is 20.2. The van der Waals surface area contributed by atoms with Gasteiger partial charge in [0.2, 0.25) is 10.0 Å². The lowest BCUT2D eigenvalue weighted by atomic mass is 10.1. The highest BCUT2D eigenvalue weighted by atomic mass is 35.5. The monoisotopic (exact) mass is 388 g/mol. The first-order valence-electron chi connectivity index (χ1n) is 8.32. The average molecular weight is 389 g/mol. The third kappa shape index (κ3) is 4.94. The molecular formula is C17H25ClN2O4S. The van der Waals surface area contributed by atoms with Gasteiger partial charge in [-0.2, -0.15) is 0 Å². The van der Waals surface area contributed by atoms with Crippen LogP contribution in [0.25, 0.3) is 0 Å². The third-order valence-corrected chi connectivity index (χ3v) is 6.49. The van der Waals surface area contributed by atoms with Crippen molar-refractivity contribution in [2.75, 3.05) is 34.3 Å². The topological polar surface area (TPSA) is 66.9 Å². The number of benzene rings is 1. The molecule has 1 heterocycles. The number of nitrogens with zero attached hydrogens (tertiary/aromatic N) is 2. The van der Waals surface area contributed by atoms with Gasteiger partial charge in [-0.1, -0.05) is 11.6 Å². The van der Waals surface area contributed by atoms with Crippen LogP contribution in [0.1, 0.15) is 36.0 Å². The fraction of sp³-hybridized carbons (Fsp3) is 0.588. The van der Waals surface area contributed by atoms with Crippen molar-refractivity contribution < 1.29 is 17.9 Å². The van der Waals surface area contributed by atoms with Crippen molar-refractivity contribution in [3.8, 4) is 0 Å². The summed E-state index contributed by atoms with van der Waals surface area (Å²) < 4.78 is 31.3. The minimum atomic E-state index is -3.62. The lowest BCUT2D eigenvalue weighted by molar-refractivity contribution is 0.00709. The van der Waals surface area contributed by atoms with Crippen LogP contribution >= 0.6 is 11.6 Å². The molecule has 1 saturated heterocycles. The van der Waals surface area contributed by atoms with Gasteiger partial charge in [-0.25, -0.2) is 12.7 Å². The molecule has 1 atom stereocenters. The van der Waals surface area contributed by atoms with E-state index in [0.717, 1.165) is 36.6 Å². The molecule has 2 rings (SSSR count). The Morgan fingerprint density at radius 3 is 2.60 bits per heavy atom. The number of rotatable bonds is 6. The Balaban J connectivity index is 2.12. The summed E-state index contributed by atoms with van der Waals surface area (Å²) in [7, 11) is 0.961. The van der Waals surface area contributed by atoms with E-state index in [0.29, 0.717) is 6.54 Å². The summed E-state index contributed by atoms with van der Waals surface area (Å²) in [5.41, 5.74) is 0.191. The van der Waals surface area contributed by atoms with Crippen molar-refractivity contribution in [3.63, 3.8) is 0 Å². The highest BCUT2D eigenvalue weighted by molar-refractivity contribution is 7.89. The molecule has 6 nitrogen and oxygen atoms in total. The summed E-state index contributed by atoms with van der Waals surface area (Å²) in [4.78, 5) is 14.3. The minimum absolute atomic E-state index is 0.0502. The van der Waals surface area contributed by atoms with Crippen molar-refractivity contribution in [2.24, 2.45) is 0 Å². The number of ether oxygens (including phenoxy) is 1. The molecule has 1 aliphatic heterocycles. The van der Waals surface area contributed by atoms with E-state index >= 15 is 0 Å². The summed E-state index contributed by atoms with van der Waals surface area (Å²) in [5, 5.41) is 0.239. The Kier molecular flexibility index (Phi) is 6.85. The van der Waals surface area contributed by atoms with Crippen molar-refractivity contribution in [1.82, 2.24) is 9.21 Å². The summed E-state index contributed by atoms with van der Waals surface area (Å²) in [6, 6.07) is 4.20. The van der Waals surface area contributed by atoms with Crippen molar-refractivity contribution in [2.45, 2.75) is 36.7 Å². The number of carbonyl (C=O) groups excluding carboxylic acids is 1. The van der Waals surface area contributed by atoms with Gasteiger partial charge in [-0.05, 0) is 43.9 Å². The number of hydrogen-bond acceptors (Lipinski definition) is 4. The van der Waals surface area contributed by atoms with E-state index in [4.69, 9.17) is 16.3 Å². The second kappa shape index (κ2) is 8.49. The smallest absolute Gasteiger partial charge is 0.255 e. The van der Waals surface area contributed by atoms with E-state index < -0.39 is 10.0 Å². The second-order valence-corrected chi connectivity index (χ2v) is 8.99. The van der Waals surface area contributed by atoms with Gasteiger partial charge in [0.05, 0.1) is 21.6 Å². The van der Waals surface area contributed by atoms with Crippen molar-refractivity contribution in [1.29, 1.82) is 0 Å². The Bertz CT molecular complexity index is 715. The third-order valence-electron chi connectivity index (χ3n) is 4.35. The average Bonchev–Trinajstić information content (AvgIpc) is 2.60. The molecule has 0 bridgehead atoms. The molecule has 1 aromatic carbocycles. The zero-order valence-electron chi connectivity index (χ0n) is 14.9. The number of hydrogen-bond donors (Lipinski definition) is 0. The molecule has 0 N–H and O–H groups in total. The van der Waals surface area contributed by atoms with Crippen LogP contribution < -0.4 is 0 Å². The summed E-state index contributed by atoms with van der Waals surface area (Å²) in [5.74, 6) is -0.295. The lowest BCUT2D eigenvalue weighted by Gasteiger charge is -2.25. The highest BCUT2D eigenvalue weighted by Gasteiger charge is 2.23. The SMILES string of the molecule is CN(CCC1CCCCO1)C(=O)c1cc(S(=O)(=O)N(C)C)ccc1Cl. The molecule has 1 fully saturated rings. The first-order valence-corrected chi connectivity index (χ1v) is 10.1. The lowest BCUT2D eigenvalue weighted by Crippen LogP contribution is -2.32. The summed E-state index contributed by atoms with van der Waals surface area (Å²) in [6.45, 7) is 1.31. The van der Waals surface area contributed by atoms with Gasteiger partial charge in [0.1, 0.15) is 0 Å². The maximum atomic E-state index is 12.7. The standard InChI is InChI=1S/C17H25ClN2O4S/c1-19(2)25(22,23)14-7-8-16(18)15(12-14)17(21)20(3)10-9-13-6-4-5-11-24-13/h7-8,12-13H,4-6,9-11H2,1-3H3. The quantitative estimate of drug-likeness (QED) is 0.751. The fourth-order valence-corrected chi connectivity index (χ4v) is 3.85. The Labute approximate surface area is 154 Å². The minimum Gasteiger partial charge on any atom is -0.378 e. The van der Waals surface area contributed by atoms with Crippen LogP contribution in [0.2, 0.25) is 5.02 Å². The van der Waals surface area contributed by atoms with Gasteiger partial charge >= 0.3 is 0 Å². The molecule has 1 unspecified atom stereocenters. The van der Waals surface area contributed by atoms with Crippen LogP contribution in [0.15, 0.2) is 23.1 Å². The predicted octanol–water partition coefficient (Wildman–Crippen LogP) is 2.62. The summed E-state index contributed by atoms with van der Waals surface area (Å²) >= 11 is 6.13. The highest BCUT2D eigenvalue weighted by Crippen LogP contribution is 2.24. The Morgan fingerprint density at radius 2 is 2.00 bits per heavy atom. The molecule has 0 aliphatic carbocycles. The van der Waals surface area contributed by atoms with E-state index in [-0.39, 0.29) is 27.5 Å². The Morgan fingerprint density at radius 1 is 1.28 bits per heavy atom. The van der Waals surface area contributed by atoms with Gasteiger partial charge < -0.3 is 9.64 Å². The van der Waals surface area contributed by atoms with E-state index in [2.05, 4.69) is 0 Å². The molecule has 25 heavy (non-hydrogen) atoms. The fourth-order valence-electron chi connectivity index (χ4n) is 2.72. The predicted molar refractivity (Wildman–Crippen MR) is 97.5 cm³/mol. The van der Waals surface area contributed by atoms with Crippen molar-refractivity contribution in [3.05, 3.63) is 28.8 Å². The number of halogens is 1. The first-order chi connectivity index (χ1) is 11.7. The van der Waals surface area contributed by atoms with Gasteiger partial charge in [0.15, 0.2) is 0 Å². The van der Waals surface area contributed by atoms with Crippen molar-refractivity contribution >= 4 is 27.5 Å². The van der Waals surface area contributed by atoms with Crippen LogP contribution in [0.3, 0.4) is 0 Å². The second-order valence-electron chi connectivity index (χ2n) is 6.43.